The summed E-state index contributed by atoms with van der Waals surface area (Å²) in [6, 6.07) is 5.79. The van der Waals surface area contributed by atoms with Crippen molar-refractivity contribution in [3.8, 4) is 0 Å². The summed E-state index contributed by atoms with van der Waals surface area (Å²) in [5.74, 6) is -3.49. The molecule has 2 heterocycles. The minimum atomic E-state index is -4.74. The Hall–Kier alpha value is -1.97. The molecule has 1 aliphatic heterocycles. The Labute approximate surface area is 185 Å². The fourth-order valence-corrected chi connectivity index (χ4v) is 3.97. The highest BCUT2D eigenvalue weighted by atomic mass is 35.5. The Balaban J connectivity index is 1.88. The van der Waals surface area contributed by atoms with Gasteiger partial charge in [-0.3, -0.25) is 14.7 Å². The predicted octanol–water partition coefficient (Wildman–Crippen LogP) is 5.61. The van der Waals surface area contributed by atoms with Crippen LogP contribution >= 0.6 is 23.2 Å². The van der Waals surface area contributed by atoms with Gasteiger partial charge in [0, 0.05) is 49.3 Å². The molecule has 168 valence electrons. The minimum absolute atomic E-state index is 0.0801. The molecule has 0 radical (unpaired) electrons. The number of halogens is 7. The number of aromatic nitrogens is 1. The highest BCUT2D eigenvalue weighted by molar-refractivity contribution is 6.36. The molecule has 1 unspecified atom stereocenters. The second-order valence-corrected chi connectivity index (χ2v) is 8.02. The summed E-state index contributed by atoms with van der Waals surface area (Å²) < 4.78 is 67.8. The van der Waals surface area contributed by atoms with Crippen molar-refractivity contribution in [2.75, 3.05) is 19.6 Å². The number of nitrogens with one attached hydrogen (secondary N) is 1. The Kier molecular flexibility index (Phi) is 7.08. The molecule has 1 aromatic heterocycles. The van der Waals surface area contributed by atoms with Crippen LogP contribution in [-0.2, 0) is 6.18 Å². The molecule has 1 N–H and O–H groups in total. The van der Waals surface area contributed by atoms with E-state index in [0.717, 1.165) is 6.20 Å². The molecule has 1 fully saturated rings. The van der Waals surface area contributed by atoms with E-state index in [1.165, 1.54) is 35.2 Å². The summed E-state index contributed by atoms with van der Waals surface area (Å²) in [5.41, 5.74) is -1.21. The van der Waals surface area contributed by atoms with E-state index in [0.29, 0.717) is 5.02 Å². The van der Waals surface area contributed by atoms with Gasteiger partial charge in [-0.05, 0) is 24.3 Å². The number of pyridine rings is 1. The number of rotatable bonds is 5. The van der Waals surface area contributed by atoms with Crippen molar-refractivity contribution in [2.45, 2.75) is 31.0 Å². The number of carbonyl (C=O) groups is 1. The summed E-state index contributed by atoms with van der Waals surface area (Å²) in [7, 11) is 0. The van der Waals surface area contributed by atoms with Gasteiger partial charge in [0.15, 0.2) is 0 Å². The molecule has 4 nitrogen and oxygen atoms in total. The van der Waals surface area contributed by atoms with Crippen molar-refractivity contribution in [3.05, 3.63) is 63.4 Å². The van der Waals surface area contributed by atoms with Crippen LogP contribution in [0, 0.1) is 0 Å². The molecular weight excluding hydrogens is 464 g/mol. The highest BCUT2D eigenvalue weighted by Crippen LogP contribution is 2.37. The van der Waals surface area contributed by atoms with Crippen LogP contribution in [0.25, 0.3) is 0 Å². The van der Waals surface area contributed by atoms with Crippen LogP contribution in [0.1, 0.15) is 40.5 Å². The fraction of sp³-hybridized carbons (Fsp3) is 0.400. The highest BCUT2D eigenvalue weighted by Gasteiger charge is 2.41. The number of likely N-dealkylation sites (tertiary alicyclic amines) is 1. The third kappa shape index (κ3) is 5.84. The fourth-order valence-electron chi connectivity index (χ4n) is 3.48. The van der Waals surface area contributed by atoms with Gasteiger partial charge in [-0.2, -0.15) is 13.2 Å². The molecule has 1 aliphatic rings. The van der Waals surface area contributed by atoms with Gasteiger partial charge in [0.05, 0.1) is 16.6 Å². The Bertz CT molecular complexity index is 945. The van der Waals surface area contributed by atoms with E-state index >= 15 is 0 Å². The number of hydrogen-bond acceptors (Lipinski definition) is 3. The average Bonchev–Trinajstić information content (AvgIpc) is 2.68. The molecule has 11 heteroatoms. The van der Waals surface area contributed by atoms with Gasteiger partial charge in [-0.25, -0.2) is 8.78 Å². The normalized spacial score (nSPS) is 17.9. The lowest BCUT2D eigenvalue weighted by atomic mass is 9.98. The lowest BCUT2D eigenvalue weighted by Crippen LogP contribution is -2.45. The number of nitrogens with zero attached hydrogens (tertiary/aromatic N) is 2. The number of carbonyl (C=O) groups excluding carboxylic acids is 1. The van der Waals surface area contributed by atoms with Crippen LogP contribution < -0.4 is 5.32 Å². The van der Waals surface area contributed by atoms with Crippen molar-refractivity contribution in [2.24, 2.45) is 0 Å². The van der Waals surface area contributed by atoms with Crippen LogP contribution in [0.15, 0.2) is 36.5 Å². The van der Waals surface area contributed by atoms with Gasteiger partial charge < -0.3 is 5.32 Å². The summed E-state index contributed by atoms with van der Waals surface area (Å²) in [6.07, 6.45) is -4.69. The van der Waals surface area contributed by atoms with Crippen molar-refractivity contribution in [1.29, 1.82) is 0 Å². The number of piperidine rings is 1. The lowest BCUT2D eigenvalue weighted by molar-refractivity contribution is -0.142. The molecule has 1 atom stereocenters. The van der Waals surface area contributed by atoms with Gasteiger partial charge in [0.2, 0.25) is 0 Å². The van der Waals surface area contributed by atoms with E-state index in [1.807, 2.05) is 0 Å². The smallest absolute Gasteiger partial charge is 0.350 e. The number of benzene rings is 1. The molecule has 0 bridgehead atoms. The molecule has 31 heavy (non-hydrogen) atoms. The molecule has 0 spiro atoms. The van der Waals surface area contributed by atoms with Gasteiger partial charge in [-0.1, -0.05) is 29.3 Å². The van der Waals surface area contributed by atoms with E-state index < -0.39 is 42.6 Å². The molecule has 1 saturated heterocycles. The van der Waals surface area contributed by atoms with E-state index in [-0.39, 0.29) is 35.8 Å². The van der Waals surface area contributed by atoms with E-state index in [9.17, 15) is 26.7 Å². The summed E-state index contributed by atoms with van der Waals surface area (Å²) in [5, 5.41) is 2.96. The molecule has 1 aromatic carbocycles. The molecule has 3 rings (SSSR count). The van der Waals surface area contributed by atoms with Gasteiger partial charge >= 0.3 is 6.18 Å². The molecule has 0 aliphatic carbocycles. The summed E-state index contributed by atoms with van der Waals surface area (Å²) in [4.78, 5) is 17.5. The summed E-state index contributed by atoms with van der Waals surface area (Å²) >= 11 is 11.8. The largest absolute Gasteiger partial charge is 0.433 e. The Morgan fingerprint density at radius 1 is 1.19 bits per heavy atom. The van der Waals surface area contributed by atoms with Crippen LogP contribution in [0.2, 0.25) is 10.0 Å². The second-order valence-electron chi connectivity index (χ2n) is 7.18. The van der Waals surface area contributed by atoms with Gasteiger partial charge in [0.1, 0.15) is 5.69 Å². The zero-order valence-corrected chi connectivity index (χ0v) is 17.5. The maximum atomic E-state index is 13.6. The third-order valence-corrected chi connectivity index (χ3v) is 5.62. The van der Waals surface area contributed by atoms with E-state index in [1.54, 1.807) is 0 Å². The zero-order chi connectivity index (χ0) is 22.8. The number of hydrogen-bond donors (Lipinski definition) is 1. The Morgan fingerprint density at radius 2 is 1.87 bits per heavy atom. The maximum Gasteiger partial charge on any atom is 0.433 e. The van der Waals surface area contributed by atoms with Crippen molar-refractivity contribution in [1.82, 2.24) is 15.2 Å². The van der Waals surface area contributed by atoms with E-state index in [2.05, 4.69) is 10.3 Å². The van der Waals surface area contributed by atoms with Crippen LogP contribution in [0.3, 0.4) is 0 Å². The van der Waals surface area contributed by atoms with Gasteiger partial charge in [0.25, 0.3) is 11.8 Å². The first-order chi connectivity index (χ1) is 14.5. The molecule has 0 saturated carbocycles. The first kappa shape index (κ1) is 23.7. The lowest BCUT2D eigenvalue weighted by Gasteiger charge is -2.38. The zero-order valence-electron chi connectivity index (χ0n) is 16.0. The SMILES string of the molecule is O=C(NCC(c1cccnc1C(F)(F)F)N1CCC(F)(F)CC1)c1ccc(Cl)cc1Cl. The van der Waals surface area contributed by atoms with Gasteiger partial charge in [-0.15, -0.1) is 0 Å². The summed E-state index contributed by atoms with van der Waals surface area (Å²) in [6.45, 7) is -0.499. The van der Waals surface area contributed by atoms with Crippen LogP contribution in [0.5, 0.6) is 0 Å². The third-order valence-electron chi connectivity index (χ3n) is 5.07. The molecule has 2 aromatic rings. The quantitative estimate of drug-likeness (QED) is 0.564. The minimum Gasteiger partial charge on any atom is -0.350 e. The van der Waals surface area contributed by atoms with E-state index in [4.69, 9.17) is 23.2 Å². The van der Waals surface area contributed by atoms with Crippen molar-refractivity contribution < 1.29 is 26.7 Å². The topological polar surface area (TPSA) is 45.2 Å². The first-order valence-electron chi connectivity index (χ1n) is 9.35. The van der Waals surface area contributed by atoms with Crippen molar-refractivity contribution >= 4 is 29.1 Å². The standard InChI is InChI=1S/C20H18Cl2F5N3O/c21-12-3-4-13(15(22)10-12)18(31)29-11-16(30-8-5-19(23,24)6-9-30)14-2-1-7-28-17(14)20(25,26)27/h1-4,7,10,16H,5-6,8-9,11H2,(H,29,31). The van der Waals surface area contributed by atoms with Crippen LogP contribution in [0.4, 0.5) is 22.0 Å². The molecule has 1 amide bonds. The number of amides is 1. The van der Waals surface area contributed by atoms with Crippen LogP contribution in [-0.4, -0.2) is 41.3 Å². The van der Waals surface area contributed by atoms with Crippen molar-refractivity contribution in [3.63, 3.8) is 0 Å². The predicted molar refractivity (Wildman–Crippen MR) is 107 cm³/mol. The average molecular weight is 482 g/mol. The molecular formula is C20H18Cl2F5N3O. The first-order valence-corrected chi connectivity index (χ1v) is 10.1. The maximum absolute atomic E-state index is 13.6. The monoisotopic (exact) mass is 481 g/mol. The number of alkyl halides is 5. The second kappa shape index (κ2) is 9.26. The Morgan fingerprint density at radius 3 is 2.48 bits per heavy atom.